The second-order valence-corrected chi connectivity index (χ2v) is 6.41. The molecule has 0 bridgehead atoms. The molecule has 7 heteroatoms. The number of carbonyl (C=O) groups excluding carboxylic acids is 1. The number of anilines is 2. The first-order chi connectivity index (χ1) is 12.6. The Hall–Kier alpha value is -3.22. The average Bonchev–Trinajstić information content (AvgIpc) is 3.18. The fourth-order valence-corrected chi connectivity index (χ4v) is 3.30. The number of amides is 1. The lowest BCUT2D eigenvalue weighted by Crippen LogP contribution is -2.40. The van der Waals surface area contributed by atoms with Crippen LogP contribution in [0.2, 0.25) is 0 Å². The van der Waals surface area contributed by atoms with E-state index in [1.165, 1.54) is 4.80 Å². The molecule has 1 atom stereocenters. The summed E-state index contributed by atoms with van der Waals surface area (Å²) in [6.07, 6.45) is 1.78. The molecule has 1 unspecified atom stereocenters. The number of tetrazole rings is 1. The minimum Gasteiger partial charge on any atom is -0.398 e. The van der Waals surface area contributed by atoms with Gasteiger partial charge in [0.2, 0.25) is 5.82 Å². The number of benzene rings is 2. The number of carbonyl (C=O) groups is 1. The summed E-state index contributed by atoms with van der Waals surface area (Å²) in [4.78, 5) is 16.2. The Bertz CT molecular complexity index is 936. The van der Waals surface area contributed by atoms with Crippen molar-refractivity contribution in [3.05, 3.63) is 54.1 Å². The van der Waals surface area contributed by atoms with Crippen molar-refractivity contribution >= 4 is 17.3 Å². The lowest BCUT2D eigenvalue weighted by atomic mass is 9.99. The van der Waals surface area contributed by atoms with Gasteiger partial charge in [0.15, 0.2) is 0 Å². The Kier molecular flexibility index (Phi) is 4.12. The molecular weight excluding hydrogens is 328 g/mol. The van der Waals surface area contributed by atoms with E-state index in [1.807, 2.05) is 48.5 Å². The zero-order chi connectivity index (χ0) is 18.1. The van der Waals surface area contributed by atoms with Crippen molar-refractivity contribution in [2.75, 3.05) is 17.2 Å². The van der Waals surface area contributed by atoms with Gasteiger partial charge in [0, 0.05) is 23.5 Å². The number of fused-ring (bicyclic) bond motifs is 1. The highest BCUT2D eigenvalue weighted by Crippen LogP contribution is 2.32. The fourth-order valence-electron chi connectivity index (χ4n) is 3.30. The highest BCUT2D eigenvalue weighted by Gasteiger charge is 2.29. The molecule has 0 radical (unpaired) electrons. The maximum Gasteiger partial charge on any atom is 0.253 e. The summed E-state index contributed by atoms with van der Waals surface area (Å²) in [6.45, 7) is 2.46. The number of hydrogen-bond donors (Lipinski definition) is 1. The summed E-state index contributed by atoms with van der Waals surface area (Å²) >= 11 is 0. The van der Waals surface area contributed by atoms with E-state index in [4.69, 9.17) is 5.73 Å². The van der Waals surface area contributed by atoms with Crippen LogP contribution < -0.4 is 10.6 Å². The van der Waals surface area contributed by atoms with Gasteiger partial charge in [-0.05, 0) is 42.7 Å². The monoisotopic (exact) mass is 348 g/mol. The highest BCUT2D eigenvalue weighted by atomic mass is 16.2. The van der Waals surface area contributed by atoms with Crippen molar-refractivity contribution in [2.24, 2.45) is 0 Å². The number of nitrogens with two attached hydrogens (primary N) is 1. The summed E-state index contributed by atoms with van der Waals surface area (Å²) in [5.41, 5.74) is 9.61. The molecule has 7 nitrogen and oxygen atoms in total. The SMILES string of the molecule is CC(C(=O)N1CCCc2c(N)cccc21)n1nnc(-c2ccccc2)n1. The minimum atomic E-state index is -0.549. The Morgan fingerprint density at radius 2 is 1.96 bits per heavy atom. The van der Waals surface area contributed by atoms with Gasteiger partial charge in [-0.1, -0.05) is 36.4 Å². The third kappa shape index (κ3) is 2.81. The Morgan fingerprint density at radius 3 is 2.77 bits per heavy atom. The maximum atomic E-state index is 13.1. The third-order valence-electron chi connectivity index (χ3n) is 4.72. The van der Waals surface area contributed by atoms with Crippen LogP contribution >= 0.6 is 0 Å². The van der Waals surface area contributed by atoms with Crippen LogP contribution in [0.15, 0.2) is 48.5 Å². The largest absolute Gasteiger partial charge is 0.398 e. The van der Waals surface area contributed by atoms with Crippen molar-refractivity contribution in [1.29, 1.82) is 0 Å². The summed E-state index contributed by atoms with van der Waals surface area (Å²) in [5.74, 6) is 0.446. The second kappa shape index (κ2) is 6.59. The van der Waals surface area contributed by atoms with E-state index in [9.17, 15) is 4.79 Å². The van der Waals surface area contributed by atoms with E-state index in [2.05, 4.69) is 15.4 Å². The van der Waals surface area contributed by atoms with Gasteiger partial charge < -0.3 is 10.6 Å². The molecule has 0 saturated carbocycles. The molecular formula is C19H20N6O. The molecule has 0 spiro atoms. The van der Waals surface area contributed by atoms with Crippen LogP contribution in [0.25, 0.3) is 11.4 Å². The van der Waals surface area contributed by atoms with Crippen molar-refractivity contribution in [3.63, 3.8) is 0 Å². The fraction of sp³-hybridized carbons (Fsp3) is 0.263. The highest BCUT2D eigenvalue weighted by molar-refractivity contribution is 5.97. The van der Waals surface area contributed by atoms with Crippen LogP contribution in [0.5, 0.6) is 0 Å². The van der Waals surface area contributed by atoms with Gasteiger partial charge >= 0.3 is 0 Å². The van der Waals surface area contributed by atoms with E-state index < -0.39 is 6.04 Å². The number of nitrogen functional groups attached to an aromatic ring is 1. The zero-order valence-electron chi connectivity index (χ0n) is 14.5. The lowest BCUT2D eigenvalue weighted by molar-refractivity contribution is -0.122. The predicted molar refractivity (Wildman–Crippen MR) is 99.5 cm³/mol. The minimum absolute atomic E-state index is 0.0615. The van der Waals surface area contributed by atoms with E-state index in [-0.39, 0.29) is 5.91 Å². The van der Waals surface area contributed by atoms with Crippen molar-refractivity contribution in [2.45, 2.75) is 25.8 Å². The molecule has 132 valence electrons. The number of hydrogen-bond acceptors (Lipinski definition) is 5. The third-order valence-corrected chi connectivity index (χ3v) is 4.72. The van der Waals surface area contributed by atoms with Gasteiger partial charge in [-0.2, -0.15) is 4.80 Å². The first-order valence-electron chi connectivity index (χ1n) is 8.69. The second-order valence-electron chi connectivity index (χ2n) is 6.41. The molecule has 2 N–H and O–H groups in total. The van der Waals surface area contributed by atoms with Gasteiger partial charge in [-0.15, -0.1) is 10.2 Å². The first kappa shape index (κ1) is 16.3. The quantitative estimate of drug-likeness (QED) is 0.734. The molecule has 1 aliphatic heterocycles. The van der Waals surface area contributed by atoms with Crippen LogP contribution in [-0.2, 0) is 11.2 Å². The van der Waals surface area contributed by atoms with Gasteiger partial charge in [0.05, 0.1) is 0 Å². The zero-order valence-corrected chi connectivity index (χ0v) is 14.5. The summed E-state index contributed by atoms with van der Waals surface area (Å²) < 4.78 is 0. The standard InChI is InChI=1S/C19H20N6O/c1-13(25-22-18(21-23-25)14-7-3-2-4-8-14)19(26)24-12-6-9-15-16(20)10-5-11-17(15)24/h2-5,7-8,10-11,13H,6,9,12,20H2,1H3. The molecule has 2 heterocycles. The van der Waals surface area contributed by atoms with Crippen LogP contribution in [0.3, 0.4) is 0 Å². The van der Waals surface area contributed by atoms with E-state index >= 15 is 0 Å². The Morgan fingerprint density at radius 1 is 1.15 bits per heavy atom. The van der Waals surface area contributed by atoms with E-state index in [1.54, 1.807) is 11.8 Å². The molecule has 26 heavy (non-hydrogen) atoms. The Labute approximate surface area is 151 Å². The first-order valence-corrected chi connectivity index (χ1v) is 8.69. The lowest BCUT2D eigenvalue weighted by Gasteiger charge is -2.31. The summed E-state index contributed by atoms with van der Waals surface area (Å²) in [7, 11) is 0. The van der Waals surface area contributed by atoms with E-state index in [0.29, 0.717) is 12.4 Å². The summed E-state index contributed by atoms with van der Waals surface area (Å²) in [5, 5.41) is 12.6. The smallest absolute Gasteiger partial charge is 0.253 e. The van der Waals surface area contributed by atoms with Crippen LogP contribution in [0.4, 0.5) is 11.4 Å². The topological polar surface area (TPSA) is 89.9 Å². The van der Waals surface area contributed by atoms with E-state index in [0.717, 1.165) is 35.3 Å². The molecule has 4 rings (SSSR count). The molecule has 0 aliphatic carbocycles. The van der Waals surface area contributed by atoms with Crippen LogP contribution in [0.1, 0.15) is 24.9 Å². The summed E-state index contributed by atoms with van der Waals surface area (Å²) in [6, 6.07) is 14.7. The molecule has 1 aliphatic rings. The Balaban J connectivity index is 1.60. The molecule has 0 saturated heterocycles. The van der Waals surface area contributed by atoms with Crippen molar-refractivity contribution in [3.8, 4) is 11.4 Å². The maximum absolute atomic E-state index is 13.1. The van der Waals surface area contributed by atoms with Crippen LogP contribution in [-0.4, -0.2) is 32.7 Å². The number of aromatic nitrogens is 4. The molecule has 2 aromatic carbocycles. The van der Waals surface area contributed by atoms with Gasteiger partial charge in [0.1, 0.15) is 6.04 Å². The number of rotatable bonds is 3. The molecule has 3 aromatic rings. The number of nitrogens with zero attached hydrogens (tertiary/aromatic N) is 5. The predicted octanol–water partition coefficient (Wildman–Crippen LogP) is 2.46. The van der Waals surface area contributed by atoms with Crippen molar-refractivity contribution < 1.29 is 4.79 Å². The van der Waals surface area contributed by atoms with Crippen molar-refractivity contribution in [1.82, 2.24) is 20.2 Å². The van der Waals surface area contributed by atoms with Crippen LogP contribution in [0, 0.1) is 0 Å². The van der Waals surface area contributed by atoms with Gasteiger partial charge in [0.25, 0.3) is 5.91 Å². The molecule has 0 fully saturated rings. The average molecular weight is 348 g/mol. The van der Waals surface area contributed by atoms with Gasteiger partial charge in [-0.25, -0.2) is 0 Å². The molecule has 1 aromatic heterocycles. The molecule has 1 amide bonds. The van der Waals surface area contributed by atoms with Gasteiger partial charge in [-0.3, -0.25) is 4.79 Å². The normalized spacial score (nSPS) is 14.7.